The number of halogens is 2. The van der Waals surface area contributed by atoms with Crippen LogP contribution in [0.15, 0.2) is 76.0 Å². The van der Waals surface area contributed by atoms with E-state index in [2.05, 4.69) is 10.3 Å². The van der Waals surface area contributed by atoms with Crippen molar-refractivity contribution in [3.05, 3.63) is 83.2 Å². The minimum Gasteiger partial charge on any atom is -0.495 e. The van der Waals surface area contributed by atoms with Crippen LogP contribution >= 0.6 is 23.4 Å². The lowest BCUT2D eigenvalue weighted by molar-refractivity contribution is -0.114. The smallest absolute Gasteiger partial charge is 0.283 e. The summed E-state index contributed by atoms with van der Waals surface area (Å²) in [5, 5.41) is 3.09. The molecule has 1 N–H and O–H groups in total. The number of para-hydroxylation sites is 1. The van der Waals surface area contributed by atoms with Crippen LogP contribution in [0.25, 0.3) is 6.08 Å². The van der Waals surface area contributed by atoms with Crippen LogP contribution in [0.5, 0.6) is 5.75 Å². The van der Waals surface area contributed by atoms with E-state index in [1.165, 1.54) is 42.5 Å². The zero-order valence-electron chi connectivity index (χ0n) is 17.2. The van der Waals surface area contributed by atoms with Gasteiger partial charge in [0.15, 0.2) is 5.17 Å². The van der Waals surface area contributed by atoms with Gasteiger partial charge in [-0.1, -0.05) is 35.5 Å². The van der Waals surface area contributed by atoms with Gasteiger partial charge in [0.2, 0.25) is 5.91 Å². The second-order valence-corrected chi connectivity index (χ2v) is 8.07. The minimum atomic E-state index is -0.539. The van der Waals surface area contributed by atoms with Crippen molar-refractivity contribution >= 4 is 57.8 Å². The van der Waals surface area contributed by atoms with E-state index >= 15 is 0 Å². The number of carbonyl (C=O) groups excluding carboxylic acids is 2. The van der Waals surface area contributed by atoms with Crippen molar-refractivity contribution in [1.29, 1.82) is 0 Å². The van der Waals surface area contributed by atoms with Crippen LogP contribution in [0.4, 0.5) is 15.8 Å². The molecular formula is C23H17ClFN3O4S. The normalized spacial score (nSPS) is 14.5. The number of nitrogens with one attached hydrogen (secondary N) is 1. The molecule has 0 saturated carbocycles. The van der Waals surface area contributed by atoms with Crippen LogP contribution in [0.1, 0.15) is 5.76 Å². The van der Waals surface area contributed by atoms with E-state index in [9.17, 15) is 14.0 Å². The number of ether oxygens (including phenoxy) is 1. The van der Waals surface area contributed by atoms with E-state index in [4.69, 9.17) is 20.8 Å². The quantitative estimate of drug-likeness (QED) is 0.485. The molecular weight excluding hydrogens is 469 g/mol. The van der Waals surface area contributed by atoms with Crippen LogP contribution < -0.4 is 15.0 Å². The fourth-order valence-electron chi connectivity index (χ4n) is 3.00. The van der Waals surface area contributed by atoms with Crippen LogP contribution in [0, 0.1) is 5.82 Å². The molecule has 168 valence electrons. The predicted octanol–water partition coefficient (Wildman–Crippen LogP) is 5.20. The lowest BCUT2D eigenvalue weighted by Gasteiger charge is -2.18. The summed E-state index contributed by atoms with van der Waals surface area (Å²) in [5.41, 5.74) is 0.660. The molecule has 0 spiro atoms. The first-order valence-electron chi connectivity index (χ1n) is 9.65. The van der Waals surface area contributed by atoms with Crippen LogP contribution in [0.2, 0.25) is 5.02 Å². The number of carbonyl (C=O) groups is 2. The van der Waals surface area contributed by atoms with Gasteiger partial charge in [0.05, 0.1) is 35.5 Å². The number of anilines is 2. The highest BCUT2D eigenvalue weighted by Gasteiger charge is 2.33. The fourth-order valence-corrected chi connectivity index (χ4v) is 4.07. The Morgan fingerprint density at radius 3 is 2.79 bits per heavy atom. The molecule has 0 bridgehead atoms. The highest BCUT2D eigenvalue weighted by molar-refractivity contribution is 8.14. The molecule has 0 radical (unpaired) electrons. The molecule has 0 saturated heterocycles. The number of hydrogen-bond acceptors (Lipinski definition) is 6. The number of amides is 2. The third-order valence-corrected chi connectivity index (χ3v) is 5.76. The summed E-state index contributed by atoms with van der Waals surface area (Å²) in [7, 11) is 1.49. The number of methoxy groups -OCH3 is 1. The molecule has 3 aromatic rings. The van der Waals surface area contributed by atoms with Crippen molar-refractivity contribution in [2.75, 3.05) is 23.1 Å². The Morgan fingerprint density at radius 2 is 2.09 bits per heavy atom. The van der Waals surface area contributed by atoms with Gasteiger partial charge in [-0.2, -0.15) is 0 Å². The molecule has 2 amide bonds. The third kappa shape index (κ3) is 5.10. The highest BCUT2D eigenvalue weighted by atomic mass is 35.5. The standard InChI is InChI=1S/C23H17ClFN3O4S/c1-31-20-9-8-14(11-16(20)24)28-22(30)19(12-15-5-4-10-32-15)27-23(28)33-13-21(29)26-18-7-3-2-6-17(18)25/h2-12H,13H2,1H3,(H,26,29). The van der Waals surface area contributed by atoms with Crippen molar-refractivity contribution in [3.63, 3.8) is 0 Å². The van der Waals surface area contributed by atoms with Crippen molar-refractivity contribution in [3.8, 4) is 5.75 Å². The number of aliphatic imine (C=N–C) groups is 1. The van der Waals surface area contributed by atoms with Gasteiger partial charge in [0.25, 0.3) is 5.91 Å². The fraction of sp³-hybridized carbons (Fsp3) is 0.0870. The summed E-state index contributed by atoms with van der Waals surface area (Å²) in [5.74, 6) is -0.592. The molecule has 0 unspecified atom stereocenters. The van der Waals surface area contributed by atoms with E-state index < -0.39 is 17.6 Å². The van der Waals surface area contributed by atoms with Crippen molar-refractivity contribution in [1.82, 2.24) is 0 Å². The summed E-state index contributed by atoms with van der Waals surface area (Å²) in [4.78, 5) is 31.3. The zero-order valence-corrected chi connectivity index (χ0v) is 18.8. The Morgan fingerprint density at radius 1 is 1.27 bits per heavy atom. The lowest BCUT2D eigenvalue weighted by Crippen LogP contribution is -2.31. The van der Waals surface area contributed by atoms with Gasteiger partial charge in [-0.25, -0.2) is 9.38 Å². The number of amidine groups is 1. The first-order chi connectivity index (χ1) is 16.0. The van der Waals surface area contributed by atoms with E-state index in [0.29, 0.717) is 22.2 Å². The predicted molar refractivity (Wildman–Crippen MR) is 127 cm³/mol. The van der Waals surface area contributed by atoms with Gasteiger partial charge in [-0.15, -0.1) is 0 Å². The van der Waals surface area contributed by atoms with E-state index in [-0.39, 0.29) is 22.3 Å². The minimum absolute atomic E-state index is 0.0738. The number of nitrogens with zero attached hydrogens (tertiary/aromatic N) is 2. The number of benzene rings is 2. The summed E-state index contributed by atoms with van der Waals surface area (Å²) in [6.07, 6.45) is 2.99. The Hall–Kier alpha value is -3.56. The van der Waals surface area contributed by atoms with Gasteiger partial charge in [0.1, 0.15) is 23.0 Å². The molecule has 33 heavy (non-hydrogen) atoms. The molecule has 4 rings (SSSR count). The van der Waals surface area contributed by atoms with Crippen LogP contribution in [0.3, 0.4) is 0 Å². The first-order valence-corrected chi connectivity index (χ1v) is 11.0. The molecule has 1 aliphatic rings. The second-order valence-electron chi connectivity index (χ2n) is 6.72. The molecule has 1 aromatic heterocycles. The Labute approximate surface area is 197 Å². The number of rotatable bonds is 6. The van der Waals surface area contributed by atoms with Gasteiger partial charge in [-0.3, -0.25) is 14.5 Å². The molecule has 1 aliphatic heterocycles. The maximum Gasteiger partial charge on any atom is 0.283 e. The average Bonchev–Trinajstić information content (AvgIpc) is 3.42. The van der Waals surface area contributed by atoms with Crippen molar-refractivity contribution in [2.24, 2.45) is 4.99 Å². The lowest BCUT2D eigenvalue weighted by atomic mass is 10.2. The topological polar surface area (TPSA) is 84.1 Å². The SMILES string of the molecule is COc1ccc(N2C(=O)C(=Cc3ccco3)N=C2SCC(=O)Nc2ccccc2F)cc1Cl. The maximum absolute atomic E-state index is 13.8. The van der Waals surface area contributed by atoms with Gasteiger partial charge in [-0.05, 0) is 42.5 Å². The van der Waals surface area contributed by atoms with Crippen LogP contribution in [-0.4, -0.2) is 29.8 Å². The summed E-state index contributed by atoms with van der Waals surface area (Å²) < 4.78 is 24.3. The van der Waals surface area contributed by atoms with Gasteiger partial charge >= 0.3 is 0 Å². The maximum atomic E-state index is 13.8. The van der Waals surface area contributed by atoms with Crippen molar-refractivity contribution < 1.29 is 23.1 Å². The van der Waals surface area contributed by atoms with Crippen LogP contribution in [-0.2, 0) is 9.59 Å². The first kappa shape index (κ1) is 22.6. The molecule has 0 atom stereocenters. The average molecular weight is 486 g/mol. The number of hydrogen-bond donors (Lipinski definition) is 1. The van der Waals surface area contributed by atoms with Gasteiger partial charge < -0.3 is 14.5 Å². The number of furan rings is 1. The molecule has 10 heteroatoms. The largest absolute Gasteiger partial charge is 0.495 e. The monoisotopic (exact) mass is 485 g/mol. The third-order valence-electron chi connectivity index (χ3n) is 4.53. The van der Waals surface area contributed by atoms with Crippen molar-refractivity contribution in [2.45, 2.75) is 0 Å². The summed E-state index contributed by atoms with van der Waals surface area (Å²) in [6, 6.07) is 14.1. The highest BCUT2D eigenvalue weighted by Crippen LogP contribution is 2.34. The summed E-state index contributed by atoms with van der Waals surface area (Å²) in [6.45, 7) is 0. The number of thioether (sulfide) groups is 1. The zero-order chi connectivity index (χ0) is 23.4. The Bertz CT molecular complexity index is 1260. The molecule has 7 nitrogen and oxygen atoms in total. The van der Waals surface area contributed by atoms with E-state index in [1.54, 1.807) is 36.4 Å². The second kappa shape index (κ2) is 9.93. The summed E-state index contributed by atoms with van der Waals surface area (Å²) >= 11 is 7.28. The van der Waals surface area contributed by atoms with Gasteiger partial charge in [0, 0.05) is 6.08 Å². The molecule has 0 fully saturated rings. The molecule has 2 aromatic carbocycles. The Kier molecular flexibility index (Phi) is 6.81. The van der Waals surface area contributed by atoms with E-state index in [0.717, 1.165) is 11.8 Å². The molecule has 0 aliphatic carbocycles. The Balaban J connectivity index is 1.58. The van der Waals surface area contributed by atoms with E-state index in [1.807, 2.05) is 0 Å². The molecule has 2 heterocycles.